The van der Waals surface area contributed by atoms with Gasteiger partial charge in [0.15, 0.2) is 0 Å². The Morgan fingerprint density at radius 2 is 1.61 bits per heavy atom. The molecule has 2 rings (SSSR count). The van der Waals surface area contributed by atoms with Gasteiger partial charge in [-0.15, -0.1) is 0 Å². The van der Waals surface area contributed by atoms with Crippen LogP contribution in [0.15, 0.2) is 53.4 Å². The van der Waals surface area contributed by atoms with E-state index >= 15 is 0 Å². The van der Waals surface area contributed by atoms with Crippen molar-refractivity contribution in [2.24, 2.45) is 0 Å². The third-order valence-electron chi connectivity index (χ3n) is 3.47. The van der Waals surface area contributed by atoms with Crippen LogP contribution in [0.5, 0.6) is 0 Å². The predicted molar refractivity (Wildman–Crippen MR) is 91.6 cm³/mol. The van der Waals surface area contributed by atoms with Crippen molar-refractivity contribution in [3.05, 3.63) is 65.2 Å². The SMILES string of the molecule is Cc1ccc(S(=O)(=O)NCc2ccccc2COC(C)C)cc1. The van der Waals surface area contributed by atoms with Gasteiger partial charge < -0.3 is 4.74 Å². The molecule has 5 heteroatoms. The smallest absolute Gasteiger partial charge is 0.240 e. The molecular weight excluding hydrogens is 310 g/mol. The second-order valence-electron chi connectivity index (χ2n) is 5.77. The standard InChI is InChI=1S/C18H23NO3S/c1-14(2)22-13-17-7-5-4-6-16(17)12-19-23(20,21)18-10-8-15(3)9-11-18/h4-11,14,19H,12-13H2,1-3H3. The number of hydrogen-bond acceptors (Lipinski definition) is 3. The van der Waals surface area contributed by atoms with Crippen molar-refractivity contribution in [3.63, 3.8) is 0 Å². The zero-order valence-corrected chi connectivity index (χ0v) is 14.6. The van der Waals surface area contributed by atoms with E-state index < -0.39 is 10.0 Å². The summed E-state index contributed by atoms with van der Waals surface area (Å²) in [6, 6.07) is 14.5. The molecule has 0 aliphatic heterocycles. The minimum Gasteiger partial charge on any atom is -0.374 e. The highest BCUT2D eigenvalue weighted by Crippen LogP contribution is 2.14. The molecule has 2 aromatic rings. The summed E-state index contributed by atoms with van der Waals surface area (Å²) in [7, 11) is -3.51. The molecule has 0 radical (unpaired) electrons. The van der Waals surface area contributed by atoms with Crippen LogP contribution in [-0.4, -0.2) is 14.5 Å². The van der Waals surface area contributed by atoms with E-state index in [0.717, 1.165) is 16.7 Å². The highest BCUT2D eigenvalue weighted by Gasteiger charge is 2.14. The van der Waals surface area contributed by atoms with Crippen molar-refractivity contribution in [1.82, 2.24) is 4.72 Å². The summed E-state index contributed by atoms with van der Waals surface area (Å²) in [6.45, 7) is 6.59. The van der Waals surface area contributed by atoms with E-state index in [1.165, 1.54) is 0 Å². The van der Waals surface area contributed by atoms with Gasteiger partial charge in [0.2, 0.25) is 10.0 Å². The maximum Gasteiger partial charge on any atom is 0.240 e. The molecule has 2 aromatic carbocycles. The molecule has 0 saturated heterocycles. The number of ether oxygens (including phenoxy) is 1. The van der Waals surface area contributed by atoms with Crippen molar-refractivity contribution in [3.8, 4) is 0 Å². The van der Waals surface area contributed by atoms with E-state index in [0.29, 0.717) is 6.61 Å². The third kappa shape index (κ3) is 5.16. The summed E-state index contributed by atoms with van der Waals surface area (Å²) in [5.41, 5.74) is 2.94. The van der Waals surface area contributed by atoms with E-state index in [-0.39, 0.29) is 17.5 Å². The van der Waals surface area contributed by atoms with Crippen molar-refractivity contribution in [2.75, 3.05) is 0 Å². The third-order valence-corrected chi connectivity index (χ3v) is 4.89. The Morgan fingerprint density at radius 3 is 2.22 bits per heavy atom. The Morgan fingerprint density at radius 1 is 1.00 bits per heavy atom. The van der Waals surface area contributed by atoms with Crippen molar-refractivity contribution in [1.29, 1.82) is 0 Å². The molecule has 23 heavy (non-hydrogen) atoms. The summed E-state index contributed by atoms with van der Waals surface area (Å²) in [4.78, 5) is 0.277. The maximum absolute atomic E-state index is 12.4. The van der Waals surface area contributed by atoms with Gasteiger partial charge >= 0.3 is 0 Å². The number of nitrogens with one attached hydrogen (secondary N) is 1. The van der Waals surface area contributed by atoms with Crippen LogP contribution in [0.1, 0.15) is 30.5 Å². The normalized spacial score (nSPS) is 11.8. The number of sulfonamides is 1. The van der Waals surface area contributed by atoms with Crippen LogP contribution in [0.2, 0.25) is 0 Å². The maximum atomic E-state index is 12.4. The molecule has 124 valence electrons. The second-order valence-corrected chi connectivity index (χ2v) is 7.53. The summed E-state index contributed by atoms with van der Waals surface area (Å²) in [5, 5.41) is 0. The lowest BCUT2D eigenvalue weighted by Crippen LogP contribution is -2.24. The predicted octanol–water partition coefficient (Wildman–Crippen LogP) is 3.40. The van der Waals surface area contributed by atoms with E-state index in [1.54, 1.807) is 24.3 Å². The van der Waals surface area contributed by atoms with Crippen molar-refractivity contribution in [2.45, 2.75) is 44.9 Å². The minimum atomic E-state index is -3.51. The Kier molecular flexibility index (Phi) is 5.93. The number of aryl methyl sites for hydroxylation is 1. The minimum absolute atomic E-state index is 0.132. The molecule has 0 atom stereocenters. The van der Waals surface area contributed by atoms with Crippen LogP contribution in [0, 0.1) is 6.92 Å². The molecule has 0 fully saturated rings. The van der Waals surface area contributed by atoms with Crippen LogP contribution in [0.4, 0.5) is 0 Å². The molecule has 0 aliphatic rings. The monoisotopic (exact) mass is 333 g/mol. The van der Waals surface area contributed by atoms with E-state index in [9.17, 15) is 8.42 Å². The fourth-order valence-electron chi connectivity index (χ4n) is 2.10. The molecule has 0 bridgehead atoms. The molecular formula is C18H23NO3S. The molecule has 0 saturated carbocycles. The topological polar surface area (TPSA) is 55.4 Å². The van der Waals surface area contributed by atoms with Gasteiger partial charge in [-0.3, -0.25) is 0 Å². The number of hydrogen-bond donors (Lipinski definition) is 1. The van der Waals surface area contributed by atoms with Crippen molar-refractivity contribution >= 4 is 10.0 Å². The zero-order chi connectivity index (χ0) is 16.9. The first kappa shape index (κ1) is 17.7. The summed E-state index contributed by atoms with van der Waals surface area (Å²) in [5.74, 6) is 0. The molecule has 0 unspecified atom stereocenters. The first-order valence-corrected chi connectivity index (χ1v) is 9.11. The van der Waals surface area contributed by atoms with Gasteiger partial charge in [0.25, 0.3) is 0 Å². The summed E-state index contributed by atoms with van der Waals surface area (Å²) >= 11 is 0. The Balaban J connectivity index is 2.09. The molecule has 1 N–H and O–H groups in total. The van der Waals surface area contributed by atoms with Gasteiger partial charge in [-0.05, 0) is 44.0 Å². The molecule has 0 heterocycles. The van der Waals surface area contributed by atoms with Crippen molar-refractivity contribution < 1.29 is 13.2 Å². The van der Waals surface area contributed by atoms with Gasteiger partial charge in [0.05, 0.1) is 17.6 Å². The largest absolute Gasteiger partial charge is 0.374 e. The molecule has 4 nitrogen and oxygen atoms in total. The average Bonchev–Trinajstić information content (AvgIpc) is 2.52. The first-order valence-electron chi connectivity index (χ1n) is 7.63. The summed E-state index contributed by atoms with van der Waals surface area (Å²) < 4.78 is 33.0. The Hall–Kier alpha value is -1.69. The van der Waals surface area contributed by atoms with Crippen LogP contribution in [-0.2, 0) is 27.9 Å². The fourth-order valence-corrected chi connectivity index (χ4v) is 3.11. The quantitative estimate of drug-likeness (QED) is 0.845. The average molecular weight is 333 g/mol. The lowest BCUT2D eigenvalue weighted by Gasteiger charge is -2.13. The van der Waals surface area contributed by atoms with E-state index in [1.807, 2.05) is 45.0 Å². The molecule has 0 amide bonds. The lowest BCUT2D eigenvalue weighted by molar-refractivity contribution is 0.0652. The van der Waals surface area contributed by atoms with E-state index in [4.69, 9.17) is 4.74 Å². The highest BCUT2D eigenvalue weighted by molar-refractivity contribution is 7.89. The number of benzene rings is 2. The van der Waals surface area contributed by atoms with Gasteiger partial charge in [0.1, 0.15) is 0 Å². The van der Waals surface area contributed by atoms with Crippen LogP contribution in [0.25, 0.3) is 0 Å². The van der Waals surface area contributed by atoms with E-state index in [2.05, 4.69) is 4.72 Å². The first-order chi connectivity index (χ1) is 10.9. The Bertz CT molecular complexity index is 737. The molecule has 0 spiro atoms. The van der Waals surface area contributed by atoms with Crippen LogP contribution < -0.4 is 4.72 Å². The molecule has 0 aromatic heterocycles. The lowest BCUT2D eigenvalue weighted by atomic mass is 10.1. The van der Waals surface area contributed by atoms with Gasteiger partial charge in [-0.1, -0.05) is 42.0 Å². The zero-order valence-electron chi connectivity index (χ0n) is 13.7. The number of rotatable bonds is 7. The Labute approximate surface area is 138 Å². The summed E-state index contributed by atoms with van der Waals surface area (Å²) in [6.07, 6.45) is 0.132. The second kappa shape index (κ2) is 7.73. The van der Waals surface area contributed by atoms with Gasteiger partial charge in [-0.25, -0.2) is 13.1 Å². The van der Waals surface area contributed by atoms with Crippen LogP contribution >= 0.6 is 0 Å². The molecule has 0 aliphatic carbocycles. The van der Waals surface area contributed by atoms with Crippen LogP contribution in [0.3, 0.4) is 0 Å². The fraction of sp³-hybridized carbons (Fsp3) is 0.333. The van der Waals surface area contributed by atoms with Gasteiger partial charge in [-0.2, -0.15) is 0 Å². The highest BCUT2D eigenvalue weighted by atomic mass is 32.2. The van der Waals surface area contributed by atoms with Gasteiger partial charge in [0, 0.05) is 6.54 Å².